The second kappa shape index (κ2) is 13.3. The molecule has 0 unspecified atom stereocenters. The van der Waals surface area contributed by atoms with Gasteiger partial charge in [0.25, 0.3) is 0 Å². The molecule has 1 aromatic carbocycles. The molecule has 28 heavy (non-hydrogen) atoms. The van der Waals surface area contributed by atoms with Gasteiger partial charge in [-0.3, -0.25) is 9.59 Å². The first-order valence-electron chi connectivity index (χ1n) is 8.86. The lowest BCUT2D eigenvalue weighted by Gasteiger charge is -2.35. The first-order valence-corrected chi connectivity index (χ1v) is 10.3. The molecule has 0 saturated heterocycles. The van der Waals surface area contributed by atoms with Crippen LogP contribution in [0.3, 0.4) is 0 Å². The van der Waals surface area contributed by atoms with Crippen molar-refractivity contribution in [1.29, 1.82) is 0 Å². The number of anilines is 1. The Morgan fingerprint density at radius 2 is 1.43 bits per heavy atom. The summed E-state index contributed by atoms with van der Waals surface area (Å²) in [7, 11) is -1.55. The number of hydrogen-bond donors (Lipinski definition) is 4. The van der Waals surface area contributed by atoms with Crippen molar-refractivity contribution in [1.82, 2.24) is 15.4 Å². The molecule has 0 aliphatic heterocycles. The molecule has 5 N–H and O–H groups in total. The Bertz CT molecular complexity index is 669. The number of nitrogen functional groups attached to an aromatic ring is 1. The van der Waals surface area contributed by atoms with Gasteiger partial charge in [-0.2, -0.15) is 0 Å². The van der Waals surface area contributed by atoms with Gasteiger partial charge < -0.3 is 33.3 Å². The number of nitrogens with one attached hydrogen (secondary N) is 3. The fraction of sp³-hybridized carbons (Fsp3) is 0.529. The zero-order valence-electron chi connectivity index (χ0n) is 16.1. The SMILES string of the molecule is C[N+](CCCNC=O)(CCCNC=O)CCNS(=O)(=O)c1ccc(N)cc1.[Cl-]. The van der Waals surface area contributed by atoms with E-state index in [9.17, 15) is 18.0 Å². The smallest absolute Gasteiger partial charge is 0.240 e. The van der Waals surface area contributed by atoms with E-state index >= 15 is 0 Å². The van der Waals surface area contributed by atoms with Crippen molar-refractivity contribution in [2.45, 2.75) is 17.7 Å². The predicted molar refractivity (Wildman–Crippen MR) is 104 cm³/mol. The summed E-state index contributed by atoms with van der Waals surface area (Å²) in [5.41, 5.74) is 6.10. The minimum Gasteiger partial charge on any atom is -1.00 e. The van der Waals surface area contributed by atoms with Crippen molar-refractivity contribution < 1.29 is 34.9 Å². The summed E-state index contributed by atoms with van der Waals surface area (Å²) in [6.45, 7) is 3.58. The van der Waals surface area contributed by atoms with Crippen LogP contribution in [-0.4, -0.2) is 72.0 Å². The van der Waals surface area contributed by atoms with E-state index in [0.29, 0.717) is 42.6 Å². The van der Waals surface area contributed by atoms with E-state index in [1.165, 1.54) is 12.1 Å². The molecule has 0 bridgehead atoms. The average molecular weight is 436 g/mol. The van der Waals surface area contributed by atoms with Crippen LogP contribution in [0.1, 0.15) is 12.8 Å². The number of carbonyl (C=O) groups excluding carboxylic acids is 2. The van der Waals surface area contributed by atoms with Crippen LogP contribution in [0.4, 0.5) is 5.69 Å². The Balaban J connectivity index is 0.00000729. The number of likely N-dealkylation sites (N-methyl/N-ethyl adjacent to an activating group) is 1. The molecule has 0 heterocycles. The van der Waals surface area contributed by atoms with Crippen LogP contribution in [-0.2, 0) is 19.6 Å². The highest BCUT2D eigenvalue weighted by atomic mass is 35.5. The molecule has 1 rings (SSSR count). The molecule has 2 amide bonds. The van der Waals surface area contributed by atoms with Gasteiger partial charge in [-0.05, 0) is 24.3 Å². The Labute approximate surface area is 173 Å². The van der Waals surface area contributed by atoms with Crippen LogP contribution in [0.5, 0.6) is 0 Å². The van der Waals surface area contributed by atoms with Crippen LogP contribution in [0.15, 0.2) is 29.2 Å². The van der Waals surface area contributed by atoms with E-state index in [4.69, 9.17) is 5.73 Å². The van der Waals surface area contributed by atoms with Gasteiger partial charge in [-0.15, -0.1) is 0 Å². The second-order valence-electron chi connectivity index (χ2n) is 6.61. The highest BCUT2D eigenvalue weighted by Gasteiger charge is 2.22. The maximum Gasteiger partial charge on any atom is 0.240 e. The minimum atomic E-state index is -3.59. The third kappa shape index (κ3) is 9.88. The van der Waals surface area contributed by atoms with E-state index in [-0.39, 0.29) is 23.8 Å². The van der Waals surface area contributed by atoms with Crippen LogP contribution in [0.25, 0.3) is 0 Å². The fourth-order valence-corrected chi connectivity index (χ4v) is 3.78. The number of nitrogens with zero attached hydrogens (tertiary/aromatic N) is 1. The highest BCUT2D eigenvalue weighted by molar-refractivity contribution is 7.89. The molecular weight excluding hydrogens is 406 g/mol. The number of quaternary nitrogens is 1. The molecular formula is C17H30ClN5O4S. The molecule has 0 atom stereocenters. The third-order valence-corrected chi connectivity index (χ3v) is 5.82. The Morgan fingerprint density at radius 3 is 1.89 bits per heavy atom. The second-order valence-corrected chi connectivity index (χ2v) is 8.38. The molecule has 0 radical (unpaired) electrons. The predicted octanol–water partition coefficient (Wildman–Crippen LogP) is -3.73. The third-order valence-electron chi connectivity index (χ3n) is 4.34. The van der Waals surface area contributed by atoms with Gasteiger partial charge in [0.1, 0.15) is 0 Å². The lowest BCUT2D eigenvalue weighted by Crippen LogP contribution is -3.00. The molecule has 160 valence electrons. The molecule has 0 saturated carbocycles. The molecule has 0 spiro atoms. The van der Waals surface area contributed by atoms with Crippen LogP contribution < -0.4 is 33.5 Å². The highest BCUT2D eigenvalue weighted by Crippen LogP contribution is 2.12. The summed E-state index contributed by atoms with van der Waals surface area (Å²) in [6, 6.07) is 6.05. The van der Waals surface area contributed by atoms with E-state index in [1.807, 2.05) is 7.05 Å². The zero-order chi connectivity index (χ0) is 20.2. The first kappa shape index (κ1) is 26.1. The fourth-order valence-electron chi connectivity index (χ4n) is 2.76. The molecule has 11 heteroatoms. The Kier molecular flexibility index (Phi) is 12.4. The average Bonchev–Trinajstić information content (AvgIpc) is 2.63. The topological polar surface area (TPSA) is 130 Å². The monoisotopic (exact) mass is 435 g/mol. The number of halogens is 1. The number of amides is 2. The van der Waals surface area contributed by atoms with Crippen molar-refractivity contribution in [2.24, 2.45) is 0 Å². The number of rotatable bonds is 15. The maximum absolute atomic E-state index is 12.4. The zero-order valence-corrected chi connectivity index (χ0v) is 17.6. The number of hydrogen-bond acceptors (Lipinski definition) is 5. The molecule has 0 aliphatic rings. The molecule has 0 aromatic heterocycles. The van der Waals surface area contributed by atoms with Crippen molar-refractivity contribution in [2.75, 3.05) is 52.0 Å². The first-order chi connectivity index (χ1) is 12.8. The Hall–Kier alpha value is -1.88. The summed E-state index contributed by atoms with van der Waals surface area (Å²) < 4.78 is 28.0. The van der Waals surface area contributed by atoms with Gasteiger partial charge >= 0.3 is 0 Å². The van der Waals surface area contributed by atoms with Gasteiger partial charge in [0.05, 0.1) is 38.1 Å². The number of benzene rings is 1. The van der Waals surface area contributed by atoms with Gasteiger partial charge in [0.2, 0.25) is 22.8 Å². The number of sulfonamides is 1. The summed E-state index contributed by atoms with van der Waals surface area (Å²) in [5.74, 6) is 0. The summed E-state index contributed by atoms with van der Waals surface area (Å²) in [6.07, 6.45) is 2.89. The van der Waals surface area contributed by atoms with Gasteiger partial charge in [-0.25, -0.2) is 13.1 Å². The number of nitrogens with two attached hydrogens (primary N) is 1. The van der Waals surface area contributed by atoms with E-state index in [2.05, 4.69) is 15.4 Å². The van der Waals surface area contributed by atoms with Crippen molar-refractivity contribution in [3.05, 3.63) is 24.3 Å². The quantitative estimate of drug-likeness (QED) is 0.0973. The van der Waals surface area contributed by atoms with E-state index < -0.39 is 10.0 Å². The van der Waals surface area contributed by atoms with E-state index in [1.54, 1.807) is 12.1 Å². The van der Waals surface area contributed by atoms with Crippen LogP contribution in [0.2, 0.25) is 0 Å². The van der Waals surface area contributed by atoms with Crippen molar-refractivity contribution >= 4 is 28.5 Å². The van der Waals surface area contributed by atoms with Crippen LogP contribution >= 0.6 is 0 Å². The molecule has 0 fully saturated rings. The number of carbonyl (C=O) groups is 2. The molecule has 0 aliphatic carbocycles. The van der Waals surface area contributed by atoms with Crippen LogP contribution in [0, 0.1) is 0 Å². The standard InChI is InChI=1S/C17H29N5O4S.ClH/c1-22(11-2-8-19-14-23,12-3-9-20-15-24)13-10-21-27(25,26)17-6-4-16(18)5-7-17;/h4-7,14-15,21H,2-3,8-13,18H2,1H3,(H-,19,20,23,24);1H. The van der Waals surface area contributed by atoms with Crippen molar-refractivity contribution in [3.8, 4) is 0 Å². The summed E-state index contributed by atoms with van der Waals surface area (Å²) in [4.78, 5) is 20.9. The maximum atomic E-state index is 12.4. The summed E-state index contributed by atoms with van der Waals surface area (Å²) >= 11 is 0. The summed E-state index contributed by atoms with van der Waals surface area (Å²) in [5, 5.41) is 5.27. The van der Waals surface area contributed by atoms with Gasteiger partial charge in [0, 0.05) is 31.6 Å². The van der Waals surface area contributed by atoms with Gasteiger partial charge in [-0.1, -0.05) is 0 Å². The lowest BCUT2D eigenvalue weighted by atomic mass is 10.2. The minimum absolute atomic E-state index is 0. The molecule has 1 aromatic rings. The van der Waals surface area contributed by atoms with E-state index in [0.717, 1.165) is 25.9 Å². The Morgan fingerprint density at radius 1 is 0.929 bits per heavy atom. The van der Waals surface area contributed by atoms with Crippen molar-refractivity contribution in [3.63, 3.8) is 0 Å². The largest absolute Gasteiger partial charge is 1.00 e. The van der Waals surface area contributed by atoms with Gasteiger partial charge in [0.15, 0.2) is 0 Å². The lowest BCUT2D eigenvalue weighted by molar-refractivity contribution is -0.908. The normalized spacial score (nSPS) is 11.3. The molecule has 9 nitrogen and oxygen atoms in total.